The zero-order valence-corrected chi connectivity index (χ0v) is 14.5. The summed E-state index contributed by atoms with van der Waals surface area (Å²) < 4.78 is 43.3. The minimum Gasteiger partial charge on any atom is -0.467 e. The molecule has 0 saturated heterocycles. The molecule has 1 aromatic carbocycles. The number of hydrogen-bond acceptors (Lipinski definition) is 4. The first kappa shape index (κ1) is 18.2. The molecule has 2 aromatic rings. The number of halogens is 3. The van der Waals surface area contributed by atoms with Gasteiger partial charge in [-0.05, 0) is 41.6 Å². The third-order valence-corrected chi connectivity index (χ3v) is 5.09. The first-order valence-electron chi connectivity index (χ1n) is 7.70. The first-order chi connectivity index (χ1) is 12.3. The monoisotopic (exact) mass is 384 g/mol. The molecular formula is C17H15F3N2O3S. The van der Waals surface area contributed by atoms with E-state index < -0.39 is 29.8 Å². The Balaban J connectivity index is 1.84. The van der Waals surface area contributed by atoms with Crippen molar-refractivity contribution in [1.29, 1.82) is 0 Å². The highest BCUT2D eigenvalue weighted by Gasteiger charge is 2.37. The van der Waals surface area contributed by atoms with Crippen molar-refractivity contribution in [2.75, 3.05) is 19.0 Å². The highest BCUT2D eigenvalue weighted by Crippen LogP contribution is 2.35. The van der Waals surface area contributed by atoms with Gasteiger partial charge in [0, 0.05) is 17.1 Å². The number of nitrogens with one attached hydrogen (secondary N) is 1. The van der Waals surface area contributed by atoms with Crippen LogP contribution in [0.2, 0.25) is 0 Å². The zero-order valence-electron chi connectivity index (χ0n) is 13.7. The topological polar surface area (TPSA) is 58.6 Å². The van der Waals surface area contributed by atoms with Gasteiger partial charge in [-0.25, -0.2) is 9.59 Å². The van der Waals surface area contributed by atoms with Crippen molar-refractivity contribution in [3.05, 3.63) is 51.7 Å². The molecule has 138 valence electrons. The molecule has 1 aliphatic heterocycles. The summed E-state index contributed by atoms with van der Waals surface area (Å²) >= 11 is 1.49. The minimum atomic E-state index is -4.51. The molecule has 3 rings (SSSR count). The van der Waals surface area contributed by atoms with Crippen molar-refractivity contribution in [1.82, 2.24) is 4.90 Å². The normalized spacial score (nSPS) is 16.8. The van der Waals surface area contributed by atoms with E-state index in [4.69, 9.17) is 4.74 Å². The van der Waals surface area contributed by atoms with Crippen LogP contribution in [-0.2, 0) is 22.1 Å². The number of thiophene rings is 1. The zero-order chi connectivity index (χ0) is 18.9. The Morgan fingerprint density at radius 1 is 1.31 bits per heavy atom. The summed E-state index contributed by atoms with van der Waals surface area (Å²) in [6.07, 6.45) is -3.94. The lowest BCUT2D eigenvalue weighted by Crippen LogP contribution is -2.45. The molecule has 5 nitrogen and oxygen atoms in total. The molecule has 1 N–H and O–H groups in total. The van der Waals surface area contributed by atoms with E-state index in [1.165, 1.54) is 35.5 Å². The predicted octanol–water partition coefficient (Wildman–Crippen LogP) is 4.07. The molecule has 0 aliphatic carbocycles. The van der Waals surface area contributed by atoms with E-state index in [1.54, 1.807) is 6.07 Å². The summed E-state index contributed by atoms with van der Waals surface area (Å²) in [4.78, 5) is 27.1. The van der Waals surface area contributed by atoms with E-state index >= 15 is 0 Å². The molecule has 0 radical (unpaired) electrons. The molecule has 0 spiro atoms. The fourth-order valence-electron chi connectivity index (χ4n) is 2.87. The first-order valence-corrected chi connectivity index (χ1v) is 8.58. The Kier molecular flexibility index (Phi) is 4.90. The van der Waals surface area contributed by atoms with Crippen molar-refractivity contribution in [3.8, 4) is 0 Å². The largest absolute Gasteiger partial charge is 0.467 e. The van der Waals surface area contributed by atoms with Crippen molar-refractivity contribution >= 4 is 29.0 Å². The van der Waals surface area contributed by atoms with Crippen LogP contribution >= 0.6 is 11.3 Å². The lowest BCUT2D eigenvalue weighted by molar-refractivity contribution is -0.146. The van der Waals surface area contributed by atoms with Crippen LogP contribution in [-0.4, -0.2) is 30.6 Å². The third kappa shape index (κ3) is 3.52. The molecule has 26 heavy (non-hydrogen) atoms. The maximum atomic E-state index is 12.8. The van der Waals surface area contributed by atoms with E-state index in [1.807, 2.05) is 5.38 Å². The third-order valence-electron chi connectivity index (χ3n) is 4.09. The molecule has 1 unspecified atom stereocenters. The van der Waals surface area contributed by atoms with Crippen molar-refractivity contribution in [3.63, 3.8) is 0 Å². The van der Waals surface area contributed by atoms with Gasteiger partial charge in [-0.3, -0.25) is 0 Å². The highest BCUT2D eigenvalue weighted by atomic mass is 32.1. The van der Waals surface area contributed by atoms with Gasteiger partial charge >= 0.3 is 18.2 Å². The van der Waals surface area contributed by atoms with Crippen LogP contribution in [0.4, 0.5) is 23.7 Å². The maximum Gasteiger partial charge on any atom is 0.416 e. The number of urea groups is 1. The summed E-state index contributed by atoms with van der Waals surface area (Å²) in [5, 5.41) is 4.27. The number of carbonyl (C=O) groups is 2. The summed E-state index contributed by atoms with van der Waals surface area (Å²) in [5.74, 6) is -0.594. The number of hydrogen-bond donors (Lipinski definition) is 1. The van der Waals surface area contributed by atoms with E-state index in [9.17, 15) is 22.8 Å². The van der Waals surface area contributed by atoms with Crippen molar-refractivity contribution in [2.45, 2.75) is 18.6 Å². The smallest absolute Gasteiger partial charge is 0.416 e. The van der Waals surface area contributed by atoms with Gasteiger partial charge in [0.25, 0.3) is 0 Å². The van der Waals surface area contributed by atoms with Crippen LogP contribution in [0.5, 0.6) is 0 Å². The summed E-state index contributed by atoms with van der Waals surface area (Å²) in [7, 11) is 1.23. The fourth-order valence-corrected chi connectivity index (χ4v) is 3.77. The van der Waals surface area contributed by atoms with E-state index in [0.717, 1.165) is 17.0 Å². The van der Waals surface area contributed by atoms with Gasteiger partial charge in [0.05, 0.1) is 12.7 Å². The van der Waals surface area contributed by atoms with Gasteiger partial charge in [-0.1, -0.05) is 6.07 Å². The predicted molar refractivity (Wildman–Crippen MR) is 89.9 cm³/mol. The number of esters is 1. The van der Waals surface area contributed by atoms with Crippen LogP contribution in [0.15, 0.2) is 35.7 Å². The van der Waals surface area contributed by atoms with Gasteiger partial charge in [0.15, 0.2) is 6.04 Å². The van der Waals surface area contributed by atoms with Gasteiger partial charge in [0.1, 0.15) is 0 Å². The van der Waals surface area contributed by atoms with Crippen molar-refractivity contribution < 1.29 is 27.5 Å². The Hall–Kier alpha value is -2.55. The number of anilines is 1. The quantitative estimate of drug-likeness (QED) is 0.794. The van der Waals surface area contributed by atoms with Crippen LogP contribution < -0.4 is 5.32 Å². The summed E-state index contributed by atoms with van der Waals surface area (Å²) in [5.41, 5.74) is -0.171. The molecule has 0 bridgehead atoms. The van der Waals surface area contributed by atoms with E-state index in [-0.39, 0.29) is 12.2 Å². The Morgan fingerprint density at radius 3 is 2.77 bits per heavy atom. The molecule has 1 aliphatic rings. The molecule has 9 heteroatoms. The number of rotatable bonds is 2. The van der Waals surface area contributed by atoms with Crippen molar-refractivity contribution in [2.24, 2.45) is 0 Å². The molecule has 0 saturated carbocycles. The van der Waals surface area contributed by atoms with Gasteiger partial charge in [-0.15, -0.1) is 11.3 Å². The fraction of sp³-hybridized carbons (Fsp3) is 0.294. The standard InChI is InChI=1S/C17H15F3N2O3S/c1-25-15(23)14-12-6-8-26-13(12)5-7-22(14)16(24)21-11-4-2-3-10(9-11)17(18,19)20/h2-4,6,8-9,14H,5,7H2,1H3,(H,21,24). The summed E-state index contributed by atoms with van der Waals surface area (Å²) in [6, 6.07) is 4.53. The number of alkyl halides is 3. The second-order valence-electron chi connectivity index (χ2n) is 5.68. The Bertz CT molecular complexity index is 835. The second-order valence-corrected chi connectivity index (χ2v) is 6.68. The number of benzene rings is 1. The van der Waals surface area contributed by atoms with Crippen LogP contribution in [0.3, 0.4) is 0 Å². The number of amides is 2. The van der Waals surface area contributed by atoms with Gasteiger partial charge in [-0.2, -0.15) is 13.2 Å². The summed E-state index contributed by atoms with van der Waals surface area (Å²) in [6.45, 7) is 0.262. The second kappa shape index (κ2) is 6.99. The molecule has 2 amide bonds. The number of ether oxygens (including phenoxy) is 1. The number of fused-ring (bicyclic) bond motifs is 1. The average Bonchev–Trinajstić information content (AvgIpc) is 3.08. The molecular weight excluding hydrogens is 369 g/mol. The lowest BCUT2D eigenvalue weighted by Gasteiger charge is -2.33. The van der Waals surface area contributed by atoms with E-state index in [2.05, 4.69) is 5.32 Å². The van der Waals surface area contributed by atoms with Gasteiger partial charge < -0.3 is 15.0 Å². The number of carbonyl (C=O) groups excluding carboxylic acids is 2. The Labute approximate surface area is 151 Å². The Morgan fingerprint density at radius 2 is 2.08 bits per heavy atom. The molecule has 1 atom stereocenters. The SMILES string of the molecule is COC(=O)C1c2ccsc2CCN1C(=O)Nc1cccc(C(F)(F)F)c1. The molecule has 0 fully saturated rings. The number of nitrogens with zero attached hydrogens (tertiary/aromatic N) is 1. The molecule has 1 aromatic heterocycles. The van der Waals surface area contributed by atoms with Crippen LogP contribution in [0.25, 0.3) is 0 Å². The van der Waals surface area contributed by atoms with Gasteiger partial charge in [0.2, 0.25) is 0 Å². The minimum absolute atomic E-state index is 0.00422. The van der Waals surface area contributed by atoms with E-state index in [0.29, 0.717) is 12.0 Å². The highest BCUT2D eigenvalue weighted by molar-refractivity contribution is 7.10. The maximum absolute atomic E-state index is 12.8. The van der Waals surface area contributed by atoms with Crippen LogP contribution in [0.1, 0.15) is 22.0 Å². The lowest BCUT2D eigenvalue weighted by atomic mass is 10.0. The molecule has 2 heterocycles. The average molecular weight is 384 g/mol. The van der Waals surface area contributed by atoms with Crippen LogP contribution in [0, 0.1) is 0 Å². The number of methoxy groups -OCH3 is 1.